The van der Waals surface area contributed by atoms with E-state index in [2.05, 4.69) is 15.5 Å². The fourth-order valence-corrected chi connectivity index (χ4v) is 4.36. The average Bonchev–Trinajstić information content (AvgIpc) is 2.95. The lowest BCUT2D eigenvalue weighted by Gasteiger charge is -2.20. The van der Waals surface area contributed by atoms with E-state index in [-0.39, 0.29) is 0 Å². The number of hydrogen-bond acceptors (Lipinski definition) is 5. The van der Waals surface area contributed by atoms with Crippen molar-refractivity contribution < 1.29 is 4.52 Å². The van der Waals surface area contributed by atoms with Crippen LogP contribution in [0.3, 0.4) is 0 Å². The van der Waals surface area contributed by atoms with Crippen LogP contribution in [0.25, 0.3) is 0 Å². The maximum atomic E-state index is 5.41. The Morgan fingerprint density at radius 3 is 2.70 bits per heavy atom. The zero-order chi connectivity index (χ0) is 13.6. The van der Waals surface area contributed by atoms with Gasteiger partial charge in [-0.1, -0.05) is 24.4 Å². The maximum absolute atomic E-state index is 5.41. The third-order valence-corrected chi connectivity index (χ3v) is 5.80. The molecule has 0 unspecified atom stereocenters. The van der Waals surface area contributed by atoms with Crippen LogP contribution in [0.5, 0.6) is 0 Å². The zero-order valence-corrected chi connectivity index (χ0v) is 13.0. The molecule has 1 aliphatic carbocycles. The monoisotopic (exact) mass is 295 g/mol. The summed E-state index contributed by atoms with van der Waals surface area (Å²) in [6.45, 7) is 2.26. The molecule has 0 radical (unpaired) electrons. The molecule has 4 nitrogen and oxygen atoms in total. The van der Waals surface area contributed by atoms with Crippen LogP contribution in [0.4, 0.5) is 0 Å². The smallest absolute Gasteiger partial charge is 0.226 e. The number of nitrogens with one attached hydrogen (secondary N) is 1. The highest BCUT2D eigenvalue weighted by atomic mass is 32.2. The van der Waals surface area contributed by atoms with Gasteiger partial charge in [-0.15, -0.1) is 0 Å². The van der Waals surface area contributed by atoms with Gasteiger partial charge in [0.1, 0.15) is 0 Å². The highest BCUT2D eigenvalue weighted by Crippen LogP contribution is 2.30. The van der Waals surface area contributed by atoms with E-state index in [0.29, 0.717) is 0 Å². The topological polar surface area (TPSA) is 51.0 Å². The fourth-order valence-electron chi connectivity index (χ4n) is 3.19. The van der Waals surface area contributed by atoms with E-state index in [1.165, 1.54) is 44.9 Å². The van der Waals surface area contributed by atoms with Crippen LogP contribution in [0, 0.1) is 5.92 Å². The Bertz CT molecular complexity index is 398. The molecule has 0 aromatic carbocycles. The Morgan fingerprint density at radius 2 is 1.90 bits per heavy atom. The number of rotatable bonds is 5. The van der Waals surface area contributed by atoms with Gasteiger partial charge in [0.2, 0.25) is 5.89 Å². The summed E-state index contributed by atoms with van der Waals surface area (Å²) in [5.41, 5.74) is 0. The summed E-state index contributed by atoms with van der Waals surface area (Å²) in [7, 11) is 0. The molecule has 0 spiro atoms. The van der Waals surface area contributed by atoms with Crippen molar-refractivity contribution in [1.29, 1.82) is 0 Å². The van der Waals surface area contributed by atoms with Crippen LogP contribution in [0.2, 0.25) is 0 Å². The highest BCUT2D eigenvalue weighted by Gasteiger charge is 2.18. The Hall–Kier alpha value is -0.550. The van der Waals surface area contributed by atoms with Crippen molar-refractivity contribution in [3.63, 3.8) is 0 Å². The minimum atomic E-state index is 0.718. The molecule has 0 atom stereocenters. The number of aromatic nitrogens is 2. The van der Waals surface area contributed by atoms with Gasteiger partial charge in [-0.3, -0.25) is 0 Å². The van der Waals surface area contributed by atoms with E-state index >= 15 is 0 Å². The molecule has 1 aliphatic heterocycles. The first kappa shape index (κ1) is 14.4. The molecular formula is C15H25N3OS. The molecule has 1 saturated heterocycles. The van der Waals surface area contributed by atoms with E-state index in [0.717, 1.165) is 48.1 Å². The number of nitrogens with zero attached hydrogens (tertiary/aromatic N) is 2. The van der Waals surface area contributed by atoms with Crippen molar-refractivity contribution in [2.75, 3.05) is 13.1 Å². The summed E-state index contributed by atoms with van der Waals surface area (Å²) < 4.78 is 5.41. The van der Waals surface area contributed by atoms with Gasteiger partial charge in [-0.2, -0.15) is 16.7 Å². The first-order valence-electron chi connectivity index (χ1n) is 8.04. The molecule has 1 aromatic heterocycles. The molecule has 1 aromatic rings. The van der Waals surface area contributed by atoms with Gasteiger partial charge in [-0.25, -0.2) is 0 Å². The van der Waals surface area contributed by atoms with Gasteiger partial charge in [0.15, 0.2) is 5.82 Å². The number of hydrogen-bond donors (Lipinski definition) is 1. The second-order valence-electron chi connectivity index (χ2n) is 6.07. The summed E-state index contributed by atoms with van der Waals surface area (Å²) >= 11 is 2.01. The van der Waals surface area contributed by atoms with Crippen LogP contribution >= 0.6 is 11.8 Å². The van der Waals surface area contributed by atoms with E-state index in [1.54, 1.807) is 0 Å². The molecule has 3 rings (SSSR count). The van der Waals surface area contributed by atoms with E-state index in [4.69, 9.17) is 4.52 Å². The SMILES string of the molecule is C1CCC(SCc2noc(CC3CCNCC3)n2)CC1. The lowest BCUT2D eigenvalue weighted by Crippen LogP contribution is -2.28. The van der Waals surface area contributed by atoms with Crippen molar-refractivity contribution in [3.8, 4) is 0 Å². The van der Waals surface area contributed by atoms with Crippen LogP contribution < -0.4 is 5.32 Å². The van der Waals surface area contributed by atoms with Crippen molar-refractivity contribution in [3.05, 3.63) is 11.7 Å². The van der Waals surface area contributed by atoms with Crippen LogP contribution in [-0.2, 0) is 12.2 Å². The van der Waals surface area contributed by atoms with Crippen molar-refractivity contribution in [1.82, 2.24) is 15.5 Å². The van der Waals surface area contributed by atoms with E-state index in [9.17, 15) is 0 Å². The minimum Gasteiger partial charge on any atom is -0.339 e. The van der Waals surface area contributed by atoms with Gasteiger partial charge in [0, 0.05) is 11.7 Å². The van der Waals surface area contributed by atoms with Crippen molar-refractivity contribution in [2.45, 2.75) is 62.4 Å². The molecule has 0 bridgehead atoms. The zero-order valence-electron chi connectivity index (χ0n) is 12.1. The molecule has 112 valence electrons. The Morgan fingerprint density at radius 1 is 1.10 bits per heavy atom. The molecule has 20 heavy (non-hydrogen) atoms. The van der Waals surface area contributed by atoms with Gasteiger partial charge in [0.25, 0.3) is 0 Å². The van der Waals surface area contributed by atoms with Gasteiger partial charge < -0.3 is 9.84 Å². The second-order valence-corrected chi connectivity index (χ2v) is 7.36. The third-order valence-electron chi connectivity index (χ3n) is 4.43. The Labute approximate surface area is 125 Å². The molecular weight excluding hydrogens is 270 g/mol. The normalized spacial score (nSPS) is 22.2. The maximum Gasteiger partial charge on any atom is 0.226 e. The number of thioether (sulfide) groups is 1. The van der Waals surface area contributed by atoms with Gasteiger partial charge >= 0.3 is 0 Å². The first-order valence-corrected chi connectivity index (χ1v) is 9.09. The largest absolute Gasteiger partial charge is 0.339 e. The second kappa shape index (κ2) is 7.46. The fraction of sp³-hybridized carbons (Fsp3) is 0.867. The highest BCUT2D eigenvalue weighted by molar-refractivity contribution is 7.99. The van der Waals surface area contributed by atoms with Crippen LogP contribution in [0.15, 0.2) is 4.52 Å². The van der Waals surface area contributed by atoms with Gasteiger partial charge in [-0.05, 0) is 44.7 Å². The standard InChI is InChI=1S/C15H25N3OS/c1-2-4-13(5-3-1)20-11-14-17-15(19-18-14)10-12-6-8-16-9-7-12/h12-13,16H,1-11H2. The first-order chi connectivity index (χ1) is 9.90. The van der Waals surface area contributed by atoms with Crippen LogP contribution in [-0.4, -0.2) is 28.5 Å². The Kier molecular flexibility index (Phi) is 5.36. The minimum absolute atomic E-state index is 0.718. The molecule has 2 heterocycles. The molecule has 2 fully saturated rings. The molecule has 1 N–H and O–H groups in total. The van der Waals surface area contributed by atoms with Crippen LogP contribution in [0.1, 0.15) is 56.7 Å². The third kappa shape index (κ3) is 4.22. The number of piperidine rings is 1. The summed E-state index contributed by atoms with van der Waals surface area (Å²) in [5.74, 6) is 3.37. The molecule has 1 saturated carbocycles. The predicted molar refractivity (Wildman–Crippen MR) is 81.8 cm³/mol. The summed E-state index contributed by atoms with van der Waals surface area (Å²) in [6.07, 6.45) is 10.4. The quantitative estimate of drug-likeness (QED) is 0.904. The van der Waals surface area contributed by atoms with Crippen molar-refractivity contribution in [2.24, 2.45) is 5.92 Å². The summed E-state index contributed by atoms with van der Waals surface area (Å²) in [4.78, 5) is 4.57. The Balaban J connectivity index is 1.43. The molecule has 0 amide bonds. The lowest BCUT2D eigenvalue weighted by molar-refractivity contribution is 0.312. The predicted octanol–water partition coefficient (Wildman–Crippen LogP) is 3.18. The van der Waals surface area contributed by atoms with Gasteiger partial charge in [0.05, 0.1) is 5.75 Å². The summed E-state index contributed by atoms with van der Waals surface area (Å²) in [6, 6.07) is 0. The average molecular weight is 295 g/mol. The van der Waals surface area contributed by atoms with E-state index in [1.807, 2.05) is 11.8 Å². The molecule has 5 heteroatoms. The lowest BCUT2D eigenvalue weighted by atomic mass is 9.95. The molecule has 2 aliphatic rings. The van der Waals surface area contributed by atoms with Crippen molar-refractivity contribution >= 4 is 11.8 Å². The van der Waals surface area contributed by atoms with E-state index < -0.39 is 0 Å². The summed E-state index contributed by atoms with van der Waals surface area (Å²) in [5, 5.41) is 8.35.